The second-order valence-electron chi connectivity index (χ2n) is 8.23. The van der Waals surface area contributed by atoms with Gasteiger partial charge < -0.3 is 5.32 Å². The summed E-state index contributed by atoms with van der Waals surface area (Å²) in [6.07, 6.45) is 8.97. The number of hydrogen-bond donors (Lipinski definition) is 1. The Kier molecular flexibility index (Phi) is 3.06. The van der Waals surface area contributed by atoms with Crippen molar-refractivity contribution < 1.29 is 0 Å². The van der Waals surface area contributed by atoms with Gasteiger partial charge in [0.2, 0.25) is 0 Å². The fourth-order valence-electron chi connectivity index (χ4n) is 5.93. The average molecular weight is 284 g/mol. The molecule has 0 saturated heterocycles. The Balaban J connectivity index is 1.56. The summed E-state index contributed by atoms with van der Waals surface area (Å²) < 4.78 is 0. The standard InChI is InChI=1S/C19H28N2/c1-12-4-5-18(13(2)20-12)21-14(3)19-9-15-6-16(10-19)8-17(7-15)11-19/h4-5,14-17,21H,6-11H2,1-3H3. The summed E-state index contributed by atoms with van der Waals surface area (Å²) in [5, 5.41) is 3.83. The van der Waals surface area contributed by atoms with Crippen LogP contribution in [0.3, 0.4) is 0 Å². The Bertz CT molecular complexity index is 513. The van der Waals surface area contributed by atoms with Crippen LogP contribution in [0.1, 0.15) is 56.8 Å². The van der Waals surface area contributed by atoms with E-state index in [4.69, 9.17) is 0 Å². The first-order valence-electron chi connectivity index (χ1n) is 8.75. The third-order valence-corrected chi connectivity index (χ3v) is 6.60. The second-order valence-corrected chi connectivity index (χ2v) is 8.23. The van der Waals surface area contributed by atoms with Crippen molar-refractivity contribution >= 4 is 5.69 Å². The molecule has 0 aromatic carbocycles. The van der Waals surface area contributed by atoms with Crippen LogP contribution in [0.5, 0.6) is 0 Å². The number of aromatic nitrogens is 1. The van der Waals surface area contributed by atoms with Gasteiger partial charge in [-0.15, -0.1) is 0 Å². The molecule has 0 aliphatic heterocycles. The van der Waals surface area contributed by atoms with Crippen LogP contribution in [0, 0.1) is 37.0 Å². The molecule has 1 N–H and O–H groups in total. The summed E-state index contributed by atoms with van der Waals surface area (Å²) >= 11 is 0. The maximum Gasteiger partial charge on any atom is 0.0606 e. The largest absolute Gasteiger partial charge is 0.381 e. The Hall–Kier alpha value is -1.05. The molecular weight excluding hydrogens is 256 g/mol. The van der Waals surface area contributed by atoms with Crippen molar-refractivity contribution in [2.24, 2.45) is 23.2 Å². The minimum absolute atomic E-state index is 0.562. The summed E-state index contributed by atoms with van der Waals surface area (Å²) in [4.78, 5) is 4.61. The third kappa shape index (κ3) is 2.27. The molecule has 4 saturated carbocycles. The maximum atomic E-state index is 4.61. The lowest BCUT2D eigenvalue weighted by atomic mass is 9.48. The van der Waals surface area contributed by atoms with Crippen molar-refractivity contribution in [3.63, 3.8) is 0 Å². The summed E-state index contributed by atoms with van der Waals surface area (Å²) in [5.74, 6) is 3.08. The van der Waals surface area contributed by atoms with Gasteiger partial charge in [0.1, 0.15) is 0 Å². The van der Waals surface area contributed by atoms with E-state index in [-0.39, 0.29) is 0 Å². The highest BCUT2D eigenvalue weighted by Crippen LogP contribution is 2.61. The molecule has 5 rings (SSSR count). The van der Waals surface area contributed by atoms with Crippen LogP contribution < -0.4 is 5.32 Å². The summed E-state index contributed by atoms with van der Waals surface area (Å²) in [6.45, 7) is 6.62. The minimum atomic E-state index is 0.562. The minimum Gasteiger partial charge on any atom is -0.381 e. The number of anilines is 1. The second kappa shape index (κ2) is 4.72. The lowest BCUT2D eigenvalue weighted by molar-refractivity contribution is -0.0602. The first-order chi connectivity index (χ1) is 10.0. The van der Waals surface area contributed by atoms with E-state index in [0.29, 0.717) is 11.5 Å². The van der Waals surface area contributed by atoms with Crippen molar-refractivity contribution in [1.82, 2.24) is 4.98 Å². The first-order valence-corrected chi connectivity index (χ1v) is 8.75. The van der Waals surface area contributed by atoms with E-state index in [1.165, 1.54) is 44.2 Å². The lowest BCUT2D eigenvalue weighted by Gasteiger charge is -2.59. The quantitative estimate of drug-likeness (QED) is 0.869. The molecule has 4 aliphatic carbocycles. The van der Waals surface area contributed by atoms with E-state index in [2.05, 4.69) is 43.2 Å². The third-order valence-electron chi connectivity index (χ3n) is 6.60. The molecule has 0 radical (unpaired) electrons. The Morgan fingerprint density at radius 1 is 1.05 bits per heavy atom. The van der Waals surface area contributed by atoms with Crippen molar-refractivity contribution in [2.45, 2.75) is 65.3 Å². The van der Waals surface area contributed by atoms with Gasteiger partial charge in [0.05, 0.1) is 11.4 Å². The fraction of sp³-hybridized carbons (Fsp3) is 0.737. The number of nitrogens with one attached hydrogen (secondary N) is 1. The van der Waals surface area contributed by atoms with E-state index in [9.17, 15) is 0 Å². The first kappa shape index (κ1) is 13.6. The monoisotopic (exact) mass is 284 g/mol. The predicted octanol–water partition coefficient (Wildman–Crippen LogP) is 4.72. The van der Waals surface area contributed by atoms with Gasteiger partial charge in [-0.1, -0.05) is 0 Å². The zero-order valence-electron chi connectivity index (χ0n) is 13.7. The molecule has 2 nitrogen and oxygen atoms in total. The van der Waals surface area contributed by atoms with Crippen molar-refractivity contribution in [3.05, 3.63) is 23.5 Å². The molecular formula is C19H28N2. The SMILES string of the molecule is Cc1ccc(NC(C)C23CC4CC(CC(C4)C2)C3)c(C)n1. The summed E-state index contributed by atoms with van der Waals surface area (Å²) in [5.41, 5.74) is 4.06. The normalized spacial score (nSPS) is 38.5. The highest BCUT2D eigenvalue weighted by Gasteiger charge is 2.53. The zero-order valence-corrected chi connectivity index (χ0v) is 13.7. The molecule has 4 bridgehead atoms. The molecule has 1 heterocycles. The van der Waals surface area contributed by atoms with Crippen LogP contribution in [0.25, 0.3) is 0 Å². The van der Waals surface area contributed by atoms with E-state index in [0.717, 1.165) is 29.1 Å². The van der Waals surface area contributed by atoms with Gasteiger partial charge in [-0.3, -0.25) is 4.98 Å². The molecule has 21 heavy (non-hydrogen) atoms. The molecule has 2 heteroatoms. The van der Waals surface area contributed by atoms with Gasteiger partial charge in [0.25, 0.3) is 0 Å². The van der Waals surface area contributed by atoms with Crippen LogP contribution in [-0.2, 0) is 0 Å². The smallest absolute Gasteiger partial charge is 0.0606 e. The van der Waals surface area contributed by atoms with Gasteiger partial charge in [0.15, 0.2) is 0 Å². The van der Waals surface area contributed by atoms with Gasteiger partial charge in [-0.25, -0.2) is 0 Å². The zero-order chi connectivity index (χ0) is 14.6. The summed E-state index contributed by atoms with van der Waals surface area (Å²) in [7, 11) is 0. The number of hydrogen-bond acceptors (Lipinski definition) is 2. The Labute approximate surface area is 128 Å². The van der Waals surface area contributed by atoms with Crippen LogP contribution >= 0.6 is 0 Å². The van der Waals surface area contributed by atoms with Crippen LogP contribution in [-0.4, -0.2) is 11.0 Å². The molecule has 114 valence electrons. The van der Waals surface area contributed by atoms with E-state index < -0.39 is 0 Å². The number of pyridine rings is 1. The molecule has 1 aromatic heterocycles. The van der Waals surface area contributed by atoms with Crippen molar-refractivity contribution in [3.8, 4) is 0 Å². The van der Waals surface area contributed by atoms with E-state index in [1.54, 1.807) is 0 Å². The molecule has 1 aromatic rings. The van der Waals surface area contributed by atoms with Crippen molar-refractivity contribution in [2.75, 3.05) is 5.32 Å². The number of aryl methyl sites for hydroxylation is 2. The molecule has 4 fully saturated rings. The number of nitrogens with zero attached hydrogens (tertiary/aromatic N) is 1. The van der Waals surface area contributed by atoms with Gasteiger partial charge >= 0.3 is 0 Å². The van der Waals surface area contributed by atoms with Crippen LogP contribution in [0.4, 0.5) is 5.69 Å². The van der Waals surface area contributed by atoms with Gasteiger partial charge in [-0.05, 0) is 94.6 Å². The Morgan fingerprint density at radius 3 is 2.14 bits per heavy atom. The maximum absolute atomic E-state index is 4.61. The van der Waals surface area contributed by atoms with Gasteiger partial charge in [-0.2, -0.15) is 0 Å². The lowest BCUT2D eigenvalue weighted by Crippen LogP contribution is -2.52. The van der Waals surface area contributed by atoms with Crippen LogP contribution in [0.15, 0.2) is 12.1 Å². The van der Waals surface area contributed by atoms with E-state index in [1.807, 2.05) is 0 Å². The topological polar surface area (TPSA) is 24.9 Å². The Morgan fingerprint density at radius 2 is 1.62 bits per heavy atom. The number of rotatable bonds is 3. The predicted molar refractivity (Wildman–Crippen MR) is 87.4 cm³/mol. The molecule has 1 atom stereocenters. The molecule has 1 unspecified atom stereocenters. The van der Waals surface area contributed by atoms with E-state index >= 15 is 0 Å². The molecule has 0 amide bonds. The van der Waals surface area contributed by atoms with Crippen LogP contribution in [0.2, 0.25) is 0 Å². The highest BCUT2D eigenvalue weighted by molar-refractivity contribution is 5.48. The highest BCUT2D eigenvalue weighted by atomic mass is 15.0. The van der Waals surface area contributed by atoms with Crippen molar-refractivity contribution in [1.29, 1.82) is 0 Å². The fourth-order valence-corrected chi connectivity index (χ4v) is 5.93. The molecule has 4 aliphatic rings. The summed E-state index contributed by atoms with van der Waals surface area (Å²) in [6, 6.07) is 4.92. The van der Waals surface area contributed by atoms with Gasteiger partial charge in [0, 0.05) is 11.7 Å². The molecule has 0 spiro atoms. The average Bonchev–Trinajstić information content (AvgIpc) is 2.40.